The Morgan fingerprint density at radius 1 is 1.39 bits per heavy atom. The van der Waals surface area contributed by atoms with Crippen molar-refractivity contribution in [1.82, 2.24) is 10.1 Å². The van der Waals surface area contributed by atoms with Crippen LogP contribution in [0.15, 0.2) is 22.7 Å². The predicted molar refractivity (Wildman–Crippen MR) is 64.3 cm³/mol. The highest BCUT2D eigenvalue weighted by Crippen LogP contribution is 2.23. The Labute approximate surface area is 104 Å². The Kier molecular flexibility index (Phi) is 3.72. The maximum absolute atomic E-state index is 13.3. The molecule has 1 aromatic carbocycles. The first kappa shape index (κ1) is 12.7. The number of aliphatic hydroxyl groups is 1. The summed E-state index contributed by atoms with van der Waals surface area (Å²) in [5.74, 6) is 0.121. The molecular weight excluding hydrogens is 235 g/mol. The number of aromatic nitrogens is 2. The molecule has 0 radical (unpaired) electrons. The number of benzene rings is 1. The second kappa shape index (κ2) is 5.27. The Morgan fingerprint density at radius 2 is 2.17 bits per heavy atom. The van der Waals surface area contributed by atoms with Gasteiger partial charge in [0.05, 0.1) is 0 Å². The third-order valence-electron chi connectivity index (χ3n) is 2.59. The zero-order valence-corrected chi connectivity index (χ0v) is 10.4. The lowest BCUT2D eigenvalue weighted by atomic mass is 10.1. The minimum atomic E-state index is -0.734. The third-order valence-corrected chi connectivity index (χ3v) is 2.59. The monoisotopic (exact) mass is 250 g/mol. The van der Waals surface area contributed by atoms with Gasteiger partial charge >= 0.3 is 0 Å². The fraction of sp³-hybridized carbons (Fsp3) is 0.385. The zero-order valence-electron chi connectivity index (χ0n) is 10.4. The molecule has 0 aliphatic carbocycles. The highest BCUT2D eigenvalue weighted by Gasteiger charge is 2.16. The van der Waals surface area contributed by atoms with Crippen molar-refractivity contribution < 1.29 is 14.0 Å². The highest BCUT2D eigenvalue weighted by molar-refractivity contribution is 5.54. The molecule has 0 bridgehead atoms. The number of hydrogen-bond acceptors (Lipinski definition) is 4. The van der Waals surface area contributed by atoms with Crippen LogP contribution in [-0.2, 0) is 0 Å². The average Bonchev–Trinajstić information content (AvgIpc) is 2.77. The Balaban J connectivity index is 2.29. The van der Waals surface area contributed by atoms with E-state index in [0.717, 1.165) is 12.0 Å². The first-order valence-electron chi connectivity index (χ1n) is 5.89. The van der Waals surface area contributed by atoms with Gasteiger partial charge in [-0.25, -0.2) is 4.39 Å². The summed E-state index contributed by atoms with van der Waals surface area (Å²) < 4.78 is 18.3. The summed E-state index contributed by atoms with van der Waals surface area (Å²) in [5.41, 5.74) is 1.30. The molecule has 2 aromatic rings. The molecule has 4 nitrogen and oxygen atoms in total. The van der Waals surface area contributed by atoms with Crippen molar-refractivity contribution in [1.29, 1.82) is 0 Å². The molecule has 0 spiro atoms. The van der Waals surface area contributed by atoms with Crippen LogP contribution in [0.5, 0.6) is 0 Å². The topological polar surface area (TPSA) is 59.2 Å². The summed E-state index contributed by atoms with van der Waals surface area (Å²) in [4.78, 5) is 4.09. The summed E-state index contributed by atoms with van der Waals surface area (Å²) in [7, 11) is 0. The zero-order chi connectivity index (χ0) is 13.1. The van der Waals surface area contributed by atoms with Gasteiger partial charge in [0.1, 0.15) is 11.9 Å². The summed E-state index contributed by atoms with van der Waals surface area (Å²) in [6.07, 6.45) is 0.660. The molecule has 2 rings (SSSR count). The van der Waals surface area contributed by atoms with E-state index in [2.05, 4.69) is 10.1 Å². The van der Waals surface area contributed by atoms with Crippen molar-refractivity contribution >= 4 is 0 Å². The van der Waals surface area contributed by atoms with E-state index < -0.39 is 6.10 Å². The lowest BCUT2D eigenvalue weighted by molar-refractivity contribution is 0.153. The van der Waals surface area contributed by atoms with Crippen LogP contribution in [0.25, 0.3) is 11.5 Å². The number of nitrogens with zero attached hydrogens (tertiary/aromatic N) is 2. The number of hydrogen-bond donors (Lipinski definition) is 1. The van der Waals surface area contributed by atoms with Crippen molar-refractivity contribution in [3.8, 4) is 11.5 Å². The van der Waals surface area contributed by atoms with Crippen LogP contribution in [0.2, 0.25) is 0 Å². The van der Waals surface area contributed by atoms with Crippen LogP contribution < -0.4 is 0 Å². The van der Waals surface area contributed by atoms with Crippen molar-refractivity contribution in [3.05, 3.63) is 35.4 Å². The minimum absolute atomic E-state index is 0.225. The average molecular weight is 250 g/mol. The minimum Gasteiger partial charge on any atom is -0.385 e. The lowest BCUT2D eigenvalue weighted by Crippen LogP contribution is -1.98. The van der Waals surface area contributed by atoms with Gasteiger partial charge in [0.25, 0.3) is 5.89 Å². The van der Waals surface area contributed by atoms with Crippen LogP contribution in [-0.4, -0.2) is 15.2 Å². The second-order valence-electron chi connectivity index (χ2n) is 4.28. The van der Waals surface area contributed by atoms with Crippen LogP contribution in [0.4, 0.5) is 4.39 Å². The summed E-state index contributed by atoms with van der Waals surface area (Å²) >= 11 is 0. The van der Waals surface area contributed by atoms with Gasteiger partial charge in [0.15, 0.2) is 0 Å². The molecule has 0 amide bonds. The lowest BCUT2D eigenvalue weighted by Gasteiger charge is -2.01. The van der Waals surface area contributed by atoms with Gasteiger partial charge in [-0.15, -0.1) is 0 Å². The molecule has 1 N–H and O–H groups in total. The Hall–Kier alpha value is -1.75. The maximum atomic E-state index is 13.3. The molecule has 5 heteroatoms. The first-order chi connectivity index (χ1) is 8.60. The molecular formula is C13H15FN2O2. The van der Waals surface area contributed by atoms with E-state index in [4.69, 9.17) is 4.52 Å². The van der Waals surface area contributed by atoms with Crippen molar-refractivity contribution in [2.75, 3.05) is 0 Å². The molecule has 1 unspecified atom stereocenters. The maximum Gasteiger partial charge on any atom is 0.258 e. The molecule has 0 aliphatic heterocycles. The quantitative estimate of drug-likeness (QED) is 0.906. The first-order valence-corrected chi connectivity index (χ1v) is 5.89. The fourth-order valence-electron chi connectivity index (χ4n) is 1.75. The number of halogens is 1. The third kappa shape index (κ3) is 2.73. The van der Waals surface area contributed by atoms with Crippen LogP contribution in [0.3, 0.4) is 0 Å². The van der Waals surface area contributed by atoms with E-state index in [9.17, 15) is 9.50 Å². The summed E-state index contributed by atoms with van der Waals surface area (Å²) in [6.45, 7) is 3.75. The predicted octanol–water partition coefficient (Wildman–Crippen LogP) is 3.02. The molecule has 0 aliphatic rings. The molecule has 96 valence electrons. The van der Waals surface area contributed by atoms with Crippen LogP contribution >= 0.6 is 0 Å². The largest absolute Gasteiger partial charge is 0.385 e. The molecule has 1 heterocycles. The molecule has 1 atom stereocenters. The molecule has 1 aromatic heterocycles. The van der Waals surface area contributed by atoms with E-state index >= 15 is 0 Å². The normalized spacial score (nSPS) is 12.7. The van der Waals surface area contributed by atoms with Gasteiger partial charge in [-0.3, -0.25) is 0 Å². The van der Waals surface area contributed by atoms with Gasteiger partial charge in [-0.1, -0.05) is 18.5 Å². The van der Waals surface area contributed by atoms with Crippen LogP contribution in [0.1, 0.15) is 37.3 Å². The van der Waals surface area contributed by atoms with E-state index in [1.807, 2.05) is 6.92 Å². The Morgan fingerprint density at radius 3 is 2.83 bits per heavy atom. The van der Waals surface area contributed by atoms with E-state index in [1.54, 1.807) is 13.0 Å². The second-order valence-corrected chi connectivity index (χ2v) is 4.28. The smallest absolute Gasteiger partial charge is 0.258 e. The van der Waals surface area contributed by atoms with Crippen molar-refractivity contribution in [2.24, 2.45) is 0 Å². The number of aryl methyl sites for hydroxylation is 1. The summed E-state index contributed by atoms with van der Waals surface area (Å²) in [6, 6.07) is 4.51. The van der Waals surface area contributed by atoms with E-state index in [0.29, 0.717) is 12.0 Å². The van der Waals surface area contributed by atoms with Crippen molar-refractivity contribution in [2.45, 2.75) is 32.8 Å². The Bertz CT molecular complexity index is 519. The number of rotatable bonds is 4. The SMILES string of the molecule is CCCC(O)c1noc(-c2cc(C)cc(F)c2)n1. The van der Waals surface area contributed by atoms with Gasteiger partial charge in [-0.05, 0) is 37.1 Å². The fourth-order valence-corrected chi connectivity index (χ4v) is 1.75. The molecule has 0 saturated carbocycles. The molecule has 0 saturated heterocycles. The van der Waals surface area contributed by atoms with Crippen LogP contribution in [0, 0.1) is 12.7 Å². The molecule has 18 heavy (non-hydrogen) atoms. The standard InChI is InChI=1S/C13H15FN2O2/c1-3-4-11(17)12-15-13(18-16-12)9-5-8(2)6-10(14)7-9/h5-7,11,17H,3-4H2,1-2H3. The van der Waals surface area contributed by atoms with Gasteiger partial charge < -0.3 is 9.63 Å². The number of aliphatic hydroxyl groups excluding tert-OH is 1. The van der Waals surface area contributed by atoms with Crippen molar-refractivity contribution in [3.63, 3.8) is 0 Å². The van der Waals surface area contributed by atoms with E-state index in [1.165, 1.54) is 12.1 Å². The highest BCUT2D eigenvalue weighted by atomic mass is 19.1. The van der Waals surface area contributed by atoms with Gasteiger partial charge in [-0.2, -0.15) is 4.98 Å². The van der Waals surface area contributed by atoms with Gasteiger partial charge in [0, 0.05) is 5.56 Å². The summed E-state index contributed by atoms with van der Waals surface area (Å²) in [5, 5.41) is 13.4. The molecule has 0 fully saturated rings. The van der Waals surface area contributed by atoms with Gasteiger partial charge in [0.2, 0.25) is 5.82 Å². The van der Waals surface area contributed by atoms with E-state index in [-0.39, 0.29) is 17.5 Å².